The molecular formula is C12H14N3O+. The molecular weight excluding hydrogens is 202 g/mol. The number of benzene rings is 1. The van der Waals surface area contributed by atoms with Crippen molar-refractivity contribution >= 4 is 17.2 Å². The second-order valence-electron chi connectivity index (χ2n) is 4.28. The first-order valence-electron chi connectivity index (χ1n) is 5.72. The number of nitroso groups, excluding NO2 is 1. The fourth-order valence-corrected chi connectivity index (χ4v) is 2.36. The van der Waals surface area contributed by atoms with Gasteiger partial charge in [-0.2, -0.15) is 0 Å². The minimum absolute atomic E-state index is 0.311. The van der Waals surface area contributed by atoms with Crippen LogP contribution in [0.2, 0.25) is 0 Å². The van der Waals surface area contributed by atoms with E-state index >= 15 is 0 Å². The van der Waals surface area contributed by atoms with Gasteiger partial charge in [-0.1, -0.05) is 17.0 Å². The number of fused-ring (bicyclic) bond motifs is 1. The minimum Gasteiger partial charge on any atom is -0.317 e. The second kappa shape index (κ2) is 3.79. The molecule has 0 bridgehead atoms. The molecule has 1 aromatic carbocycles. The third-order valence-corrected chi connectivity index (χ3v) is 3.25. The van der Waals surface area contributed by atoms with Crippen LogP contribution in [-0.4, -0.2) is 23.7 Å². The van der Waals surface area contributed by atoms with Crippen LogP contribution in [0.3, 0.4) is 0 Å². The lowest BCUT2D eigenvalue weighted by molar-refractivity contribution is -0.333. The molecule has 0 spiro atoms. The summed E-state index contributed by atoms with van der Waals surface area (Å²) in [7, 11) is 0. The number of rotatable bonds is 1. The Morgan fingerprint density at radius 3 is 2.75 bits per heavy atom. The summed E-state index contributed by atoms with van der Waals surface area (Å²) in [5.74, 6) is 1.01. The Morgan fingerprint density at radius 1 is 1.25 bits per heavy atom. The van der Waals surface area contributed by atoms with E-state index in [2.05, 4.69) is 10.3 Å². The van der Waals surface area contributed by atoms with E-state index in [1.165, 1.54) is 0 Å². The predicted molar refractivity (Wildman–Crippen MR) is 62.4 cm³/mol. The van der Waals surface area contributed by atoms with Crippen molar-refractivity contribution in [3.63, 3.8) is 0 Å². The molecule has 16 heavy (non-hydrogen) atoms. The first-order chi connectivity index (χ1) is 7.86. The first-order valence-corrected chi connectivity index (χ1v) is 5.72. The van der Waals surface area contributed by atoms with Crippen LogP contribution in [0, 0.1) is 10.8 Å². The standard InChI is InChI=1S/C12H14N3O/c16-15-11-4-2-1-3-10(11)14-12(15)9-5-7-13-8-6-9/h1-4,9,13H,5-8H2/q+1. The molecule has 1 saturated heterocycles. The fraction of sp³-hybridized carbons (Fsp3) is 0.417. The van der Waals surface area contributed by atoms with Crippen molar-refractivity contribution in [1.82, 2.24) is 5.32 Å². The summed E-state index contributed by atoms with van der Waals surface area (Å²) in [6.45, 7) is 1.96. The zero-order chi connectivity index (χ0) is 11.0. The van der Waals surface area contributed by atoms with Crippen LogP contribution in [0.1, 0.15) is 12.8 Å². The van der Waals surface area contributed by atoms with Gasteiger partial charge in [0.25, 0.3) is 0 Å². The monoisotopic (exact) mass is 216 g/mol. The van der Waals surface area contributed by atoms with Crippen molar-refractivity contribution < 1.29 is 4.76 Å². The van der Waals surface area contributed by atoms with Gasteiger partial charge in [0.2, 0.25) is 11.4 Å². The Morgan fingerprint density at radius 2 is 2.00 bits per heavy atom. The van der Waals surface area contributed by atoms with Crippen LogP contribution in [-0.2, 0) is 0 Å². The number of piperidine rings is 1. The zero-order valence-electron chi connectivity index (χ0n) is 9.02. The van der Waals surface area contributed by atoms with Gasteiger partial charge in [-0.05, 0) is 43.1 Å². The number of nitrogens with zero attached hydrogens (tertiary/aromatic N) is 2. The summed E-state index contributed by atoms with van der Waals surface area (Å²) in [6.07, 6.45) is 2.01. The van der Waals surface area contributed by atoms with E-state index in [9.17, 15) is 4.91 Å². The van der Waals surface area contributed by atoms with Gasteiger partial charge in [-0.25, -0.2) is 0 Å². The highest BCUT2D eigenvalue weighted by molar-refractivity contribution is 5.88. The van der Waals surface area contributed by atoms with Crippen LogP contribution in [0.4, 0.5) is 11.4 Å². The maximum absolute atomic E-state index is 12.1. The molecule has 3 rings (SSSR count). The fourth-order valence-electron chi connectivity index (χ4n) is 2.36. The van der Waals surface area contributed by atoms with Crippen molar-refractivity contribution in [2.24, 2.45) is 10.9 Å². The molecule has 0 amide bonds. The van der Waals surface area contributed by atoms with Crippen LogP contribution < -0.4 is 5.32 Å². The molecule has 0 aliphatic carbocycles. The smallest absolute Gasteiger partial charge is 0.317 e. The minimum atomic E-state index is 0.311. The maximum atomic E-state index is 12.1. The molecule has 2 heterocycles. The molecule has 2 aliphatic rings. The van der Waals surface area contributed by atoms with Gasteiger partial charge in [0.05, 0.1) is 5.92 Å². The van der Waals surface area contributed by atoms with Gasteiger partial charge < -0.3 is 5.32 Å². The molecule has 82 valence electrons. The van der Waals surface area contributed by atoms with Gasteiger partial charge in [0.15, 0.2) is 0 Å². The van der Waals surface area contributed by atoms with Crippen LogP contribution >= 0.6 is 0 Å². The van der Waals surface area contributed by atoms with Crippen LogP contribution in [0.5, 0.6) is 0 Å². The number of hydrogen-bond donors (Lipinski definition) is 1. The van der Waals surface area contributed by atoms with E-state index in [4.69, 9.17) is 0 Å². The molecule has 0 unspecified atom stereocenters. The lowest BCUT2D eigenvalue weighted by atomic mass is 9.97. The highest BCUT2D eigenvalue weighted by Gasteiger charge is 2.39. The van der Waals surface area contributed by atoms with Crippen molar-refractivity contribution in [1.29, 1.82) is 0 Å². The molecule has 1 aromatic rings. The molecule has 4 heteroatoms. The van der Waals surface area contributed by atoms with E-state index in [0.29, 0.717) is 17.4 Å². The summed E-state index contributed by atoms with van der Waals surface area (Å²) < 4.78 is 1.01. The van der Waals surface area contributed by atoms with Crippen LogP contribution in [0.25, 0.3) is 0 Å². The Kier molecular flexibility index (Phi) is 2.29. The average Bonchev–Trinajstić information content (AvgIpc) is 2.69. The Balaban J connectivity index is 1.92. The molecule has 0 atom stereocenters. The Hall–Kier alpha value is -1.55. The van der Waals surface area contributed by atoms with Crippen molar-refractivity contribution in [3.05, 3.63) is 29.2 Å². The number of nitrogens with one attached hydrogen (secondary N) is 1. The third kappa shape index (κ3) is 1.46. The second-order valence-corrected chi connectivity index (χ2v) is 4.28. The molecule has 1 N–H and O–H groups in total. The van der Waals surface area contributed by atoms with E-state index < -0.39 is 0 Å². The number of amidine groups is 1. The molecule has 4 nitrogen and oxygen atoms in total. The molecule has 0 saturated carbocycles. The van der Waals surface area contributed by atoms with Gasteiger partial charge in [-0.15, -0.1) is 0 Å². The van der Waals surface area contributed by atoms with Crippen molar-refractivity contribution in [3.8, 4) is 0 Å². The van der Waals surface area contributed by atoms with E-state index in [1.807, 2.05) is 24.3 Å². The van der Waals surface area contributed by atoms with Gasteiger partial charge >= 0.3 is 5.84 Å². The number of para-hydroxylation sites is 2. The molecule has 0 aromatic heterocycles. The zero-order valence-corrected chi connectivity index (χ0v) is 9.02. The van der Waals surface area contributed by atoms with E-state index in [1.54, 1.807) is 0 Å². The van der Waals surface area contributed by atoms with Gasteiger partial charge in [-0.3, -0.25) is 0 Å². The largest absolute Gasteiger partial charge is 0.346 e. The Bertz CT molecular complexity index is 461. The predicted octanol–water partition coefficient (Wildman–Crippen LogP) is 2.14. The lowest BCUT2D eigenvalue weighted by Gasteiger charge is -2.17. The normalized spacial score (nSPS) is 20.8. The summed E-state index contributed by atoms with van der Waals surface area (Å²) in [5.41, 5.74) is 1.50. The average molecular weight is 216 g/mol. The summed E-state index contributed by atoms with van der Waals surface area (Å²) >= 11 is 0. The van der Waals surface area contributed by atoms with Gasteiger partial charge in [0.1, 0.15) is 0 Å². The number of hydrogen-bond acceptors (Lipinski definition) is 3. The van der Waals surface area contributed by atoms with Crippen molar-refractivity contribution in [2.45, 2.75) is 12.8 Å². The molecule has 0 radical (unpaired) electrons. The first kappa shape index (κ1) is 9.66. The topological polar surface area (TPSA) is 44.5 Å². The SMILES string of the molecule is O=[N+]1C(C2CCNCC2)=Nc2ccccc21. The third-order valence-electron chi connectivity index (χ3n) is 3.25. The molecule has 2 aliphatic heterocycles. The molecule has 1 fully saturated rings. The van der Waals surface area contributed by atoms with E-state index in [-0.39, 0.29) is 0 Å². The highest BCUT2D eigenvalue weighted by atomic mass is 16.3. The van der Waals surface area contributed by atoms with Gasteiger partial charge in [0, 0.05) is 4.76 Å². The summed E-state index contributed by atoms with van der Waals surface area (Å²) in [5, 5.41) is 3.30. The highest BCUT2D eigenvalue weighted by Crippen LogP contribution is 2.35. The maximum Gasteiger partial charge on any atom is 0.346 e. The quantitative estimate of drug-likeness (QED) is 0.731. The van der Waals surface area contributed by atoms with Crippen molar-refractivity contribution in [2.75, 3.05) is 13.1 Å². The summed E-state index contributed by atoms with van der Waals surface area (Å²) in [4.78, 5) is 16.5. The Labute approximate surface area is 94.0 Å². The summed E-state index contributed by atoms with van der Waals surface area (Å²) in [6, 6.07) is 7.53. The lowest BCUT2D eigenvalue weighted by Crippen LogP contribution is -2.34. The van der Waals surface area contributed by atoms with E-state index in [0.717, 1.165) is 36.4 Å². The van der Waals surface area contributed by atoms with Crippen LogP contribution in [0.15, 0.2) is 29.3 Å². The number of aliphatic imine (C=N–C) groups is 1.